The van der Waals surface area contributed by atoms with Crippen LogP contribution in [0.25, 0.3) is 10.9 Å². The van der Waals surface area contributed by atoms with E-state index in [9.17, 15) is 9.00 Å². The third-order valence-electron chi connectivity index (χ3n) is 2.99. The fraction of sp³-hybridized carbons (Fsp3) is 0.333. The first-order chi connectivity index (χ1) is 10.1. The van der Waals surface area contributed by atoms with Gasteiger partial charge in [-0.05, 0) is 19.1 Å². The van der Waals surface area contributed by atoms with Gasteiger partial charge in [-0.1, -0.05) is 18.2 Å². The number of para-hydroxylation sites is 1. The van der Waals surface area contributed by atoms with E-state index in [1.807, 2.05) is 31.2 Å². The summed E-state index contributed by atoms with van der Waals surface area (Å²) in [6.07, 6.45) is 1.61. The lowest BCUT2D eigenvalue weighted by Gasteiger charge is -2.10. The molecule has 0 saturated heterocycles. The first-order valence-corrected chi connectivity index (χ1v) is 8.56. The van der Waals surface area contributed by atoms with Gasteiger partial charge in [0.25, 0.3) is 5.91 Å². The number of anilines is 1. The molecule has 0 bridgehead atoms. The zero-order valence-electron chi connectivity index (χ0n) is 12.2. The fourth-order valence-corrected chi connectivity index (χ4v) is 2.42. The Balaban J connectivity index is 2.27. The molecule has 0 aliphatic rings. The highest BCUT2D eigenvalue weighted by Gasteiger charge is 2.11. The van der Waals surface area contributed by atoms with Crippen LogP contribution in [0.4, 0.5) is 5.69 Å². The lowest BCUT2D eigenvalue weighted by molar-refractivity contribution is 0.0951. The average Bonchev–Trinajstić information content (AvgIpc) is 2.47. The minimum absolute atomic E-state index is 0.245. The van der Waals surface area contributed by atoms with E-state index in [1.165, 1.54) is 0 Å². The molecule has 2 rings (SSSR count). The van der Waals surface area contributed by atoms with Crippen molar-refractivity contribution >= 4 is 33.3 Å². The molecule has 0 saturated carbocycles. The molecule has 5 nitrogen and oxygen atoms in total. The van der Waals surface area contributed by atoms with Crippen molar-refractivity contribution in [3.8, 4) is 0 Å². The zero-order valence-corrected chi connectivity index (χ0v) is 13.0. The second-order valence-corrected chi connectivity index (χ2v) is 6.19. The number of benzene rings is 1. The Morgan fingerprint density at radius 3 is 2.81 bits per heavy atom. The van der Waals surface area contributed by atoms with E-state index >= 15 is 0 Å². The summed E-state index contributed by atoms with van der Waals surface area (Å²) in [5.74, 6) is 0.199. The SMILES string of the molecule is CCNc1cc(C(=O)NCCS(C)=O)nc2ccccc12. The van der Waals surface area contributed by atoms with Crippen molar-refractivity contribution < 1.29 is 9.00 Å². The first kappa shape index (κ1) is 15.4. The third-order valence-corrected chi connectivity index (χ3v) is 3.77. The van der Waals surface area contributed by atoms with Crippen molar-refractivity contribution in [2.24, 2.45) is 0 Å². The smallest absolute Gasteiger partial charge is 0.270 e. The minimum Gasteiger partial charge on any atom is -0.385 e. The van der Waals surface area contributed by atoms with Gasteiger partial charge >= 0.3 is 0 Å². The molecule has 0 spiro atoms. The summed E-state index contributed by atoms with van der Waals surface area (Å²) >= 11 is 0. The Morgan fingerprint density at radius 1 is 1.33 bits per heavy atom. The molecule has 1 heterocycles. The molecule has 0 aliphatic heterocycles. The zero-order chi connectivity index (χ0) is 15.2. The van der Waals surface area contributed by atoms with E-state index in [2.05, 4.69) is 15.6 Å². The monoisotopic (exact) mass is 305 g/mol. The van der Waals surface area contributed by atoms with Crippen molar-refractivity contribution in [2.45, 2.75) is 6.92 Å². The summed E-state index contributed by atoms with van der Waals surface area (Å²) in [6.45, 7) is 3.16. The van der Waals surface area contributed by atoms with Crippen molar-refractivity contribution in [2.75, 3.05) is 30.4 Å². The molecule has 0 aliphatic carbocycles. The van der Waals surface area contributed by atoms with Crippen molar-refractivity contribution in [1.82, 2.24) is 10.3 Å². The number of nitrogens with one attached hydrogen (secondary N) is 2. The standard InChI is InChI=1S/C15H19N3O2S/c1-3-16-13-10-14(15(19)17-8-9-21(2)20)18-12-7-5-4-6-11(12)13/h4-7,10H,3,8-9H2,1-2H3,(H,16,18)(H,17,19). The van der Waals surface area contributed by atoms with Gasteiger partial charge in [0.15, 0.2) is 0 Å². The van der Waals surface area contributed by atoms with Crippen LogP contribution < -0.4 is 10.6 Å². The van der Waals surface area contributed by atoms with Gasteiger partial charge < -0.3 is 10.6 Å². The van der Waals surface area contributed by atoms with E-state index in [1.54, 1.807) is 12.3 Å². The molecule has 6 heteroatoms. The molecule has 2 N–H and O–H groups in total. The Kier molecular flexibility index (Phi) is 5.27. The number of hydrogen-bond donors (Lipinski definition) is 2. The number of rotatable bonds is 6. The quantitative estimate of drug-likeness (QED) is 0.853. The van der Waals surface area contributed by atoms with Crippen molar-refractivity contribution in [1.29, 1.82) is 0 Å². The molecule has 2 aromatic rings. The summed E-state index contributed by atoms with van der Waals surface area (Å²) < 4.78 is 11.0. The molecule has 1 aromatic heterocycles. The number of carbonyl (C=O) groups excluding carboxylic acids is 1. The summed E-state index contributed by atoms with van der Waals surface area (Å²) in [5.41, 5.74) is 2.04. The molecular weight excluding hydrogens is 286 g/mol. The van der Waals surface area contributed by atoms with Gasteiger partial charge in [0.05, 0.1) is 5.52 Å². The predicted molar refractivity (Wildman–Crippen MR) is 87.2 cm³/mol. The van der Waals surface area contributed by atoms with Gasteiger partial charge in [0.1, 0.15) is 5.69 Å². The number of aromatic nitrogens is 1. The van der Waals surface area contributed by atoms with E-state index in [-0.39, 0.29) is 5.91 Å². The van der Waals surface area contributed by atoms with Gasteiger partial charge in [0.2, 0.25) is 0 Å². The Labute approximate surface area is 126 Å². The summed E-state index contributed by atoms with van der Waals surface area (Å²) in [7, 11) is -0.916. The molecule has 0 radical (unpaired) electrons. The van der Waals surface area contributed by atoms with E-state index in [4.69, 9.17) is 0 Å². The number of carbonyl (C=O) groups is 1. The van der Waals surface area contributed by atoms with E-state index in [0.717, 1.165) is 23.1 Å². The predicted octanol–water partition coefficient (Wildman–Crippen LogP) is 1.77. The number of nitrogens with zero attached hydrogens (tertiary/aromatic N) is 1. The topological polar surface area (TPSA) is 71.1 Å². The largest absolute Gasteiger partial charge is 0.385 e. The number of pyridine rings is 1. The Morgan fingerprint density at radius 2 is 2.10 bits per heavy atom. The van der Waals surface area contributed by atoms with Crippen LogP contribution >= 0.6 is 0 Å². The Bertz CT molecular complexity index is 673. The summed E-state index contributed by atoms with van der Waals surface area (Å²) in [4.78, 5) is 16.5. The maximum Gasteiger partial charge on any atom is 0.270 e. The maximum absolute atomic E-state index is 12.1. The number of hydrogen-bond acceptors (Lipinski definition) is 4. The number of fused-ring (bicyclic) bond motifs is 1. The van der Waals surface area contributed by atoms with Crippen molar-refractivity contribution in [3.05, 3.63) is 36.0 Å². The maximum atomic E-state index is 12.1. The van der Waals surface area contributed by atoms with Crippen LogP contribution in [0.2, 0.25) is 0 Å². The highest BCUT2D eigenvalue weighted by Crippen LogP contribution is 2.22. The molecule has 21 heavy (non-hydrogen) atoms. The van der Waals surface area contributed by atoms with Crippen molar-refractivity contribution in [3.63, 3.8) is 0 Å². The third kappa shape index (κ3) is 4.01. The first-order valence-electron chi connectivity index (χ1n) is 6.83. The van der Waals surface area contributed by atoms with E-state index < -0.39 is 10.8 Å². The average molecular weight is 305 g/mol. The molecular formula is C15H19N3O2S. The molecule has 1 atom stereocenters. The van der Waals surface area contributed by atoms with Gasteiger partial charge in [-0.2, -0.15) is 0 Å². The molecule has 1 aromatic carbocycles. The lowest BCUT2D eigenvalue weighted by Crippen LogP contribution is -2.28. The van der Waals surface area contributed by atoms with Crippen LogP contribution in [-0.2, 0) is 10.8 Å². The summed E-state index contributed by atoms with van der Waals surface area (Å²) in [6, 6.07) is 9.45. The highest BCUT2D eigenvalue weighted by atomic mass is 32.2. The van der Waals surface area contributed by atoms with Crippen LogP contribution in [0.5, 0.6) is 0 Å². The van der Waals surface area contributed by atoms with Crippen LogP contribution in [0.1, 0.15) is 17.4 Å². The van der Waals surface area contributed by atoms with Crippen LogP contribution in [0.3, 0.4) is 0 Å². The highest BCUT2D eigenvalue weighted by molar-refractivity contribution is 7.84. The second kappa shape index (κ2) is 7.17. The van der Waals surface area contributed by atoms with Gasteiger partial charge in [-0.15, -0.1) is 0 Å². The normalized spacial score (nSPS) is 12.1. The molecule has 0 fully saturated rings. The van der Waals surface area contributed by atoms with Crippen LogP contribution in [0.15, 0.2) is 30.3 Å². The van der Waals surface area contributed by atoms with Crippen LogP contribution in [-0.4, -0.2) is 40.2 Å². The molecule has 1 amide bonds. The fourth-order valence-electron chi connectivity index (χ4n) is 2.03. The second-order valence-electron chi connectivity index (χ2n) is 4.64. The van der Waals surface area contributed by atoms with E-state index in [0.29, 0.717) is 18.0 Å². The van der Waals surface area contributed by atoms with Crippen LogP contribution in [0, 0.1) is 0 Å². The lowest BCUT2D eigenvalue weighted by atomic mass is 10.1. The molecule has 1 unspecified atom stereocenters. The number of amides is 1. The summed E-state index contributed by atoms with van der Waals surface area (Å²) in [5, 5.41) is 6.98. The van der Waals surface area contributed by atoms with Gasteiger partial charge in [-0.25, -0.2) is 4.98 Å². The van der Waals surface area contributed by atoms with Gasteiger partial charge in [0, 0.05) is 47.0 Å². The Hall–Kier alpha value is -1.95. The minimum atomic E-state index is -0.916. The van der Waals surface area contributed by atoms with Gasteiger partial charge in [-0.3, -0.25) is 9.00 Å². The molecule has 112 valence electrons.